The maximum absolute atomic E-state index is 14.2. The fraction of sp³-hybridized carbons (Fsp3) is 0.350. The molecular weight excluding hydrogens is 657 g/mol. The normalized spacial score (nSPS) is 22.3. The average molecular weight is 697 g/mol. The number of ketones is 1. The molecular formula is C40H40MgN4O6-2. The molecule has 51 heavy (non-hydrogen) atoms. The molecule has 2 aliphatic heterocycles. The summed E-state index contributed by atoms with van der Waals surface area (Å²) in [6.45, 7) is 15.8. The fourth-order valence-electron chi connectivity index (χ4n) is 7.24. The number of nitrogens with zero attached hydrogens (tertiary/aromatic N) is 4. The van der Waals surface area contributed by atoms with Gasteiger partial charge in [-0.3, -0.25) is 19.2 Å². The van der Waals surface area contributed by atoms with E-state index in [4.69, 9.17) is 29.7 Å². The number of esters is 2. The molecule has 10 nitrogen and oxygen atoms in total. The third-order valence-corrected chi connectivity index (χ3v) is 10.0. The van der Waals surface area contributed by atoms with Gasteiger partial charge in [0.05, 0.1) is 7.11 Å². The summed E-state index contributed by atoms with van der Waals surface area (Å²) in [5.74, 6) is -3.30. The van der Waals surface area contributed by atoms with Crippen molar-refractivity contribution in [3.8, 4) is 0 Å². The first-order valence-electron chi connectivity index (χ1n) is 16.8. The van der Waals surface area contributed by atoms with Crippen LogP contribution >= 0.6 is 0 Å². The number of hydrogen-bond donors (Lipinski definition) is 0. The summed E-state index contributed by atoms with van der Waals surface area (Å²) in [5.41, 5.74) is 8.60. The van der Waals surface area contributed by atoms with Crippen molar-refractivity contribution in [3.63, 3.8) is 0 Å². The molecule has 0 radical (unpaired) electrons. The topological polar surface area (TPSA) is 143 Å². The summed E-state index contributed by atoms with van der Waals surface area (Å²) in [4.78, 5) is 67.6. The second kappa shape index (κ2) is 14.9. The van der Waals surface area contributed by atoms with Crippen LogP contribution in [0.15, 0.2) is 29.6 Å². The van der Waals surface area contributed by atoms with Crippen molar-refractivity contribution in [2.24, 2.45) is 17.8 Å². The maximum atomic E-state index is 14.2. The van der Waals surface area contributed by atoms with Crippen molar-refractivity contribution in [2.75, 3.05) is 13.7 Å². The average Bonchev–Trinajstić information content (AvgIpc) is 3.83. The van der Waals surface area contributed by atoms with Crippen LogP contribution in [0.25, 0.3) is 35.2 Å². The molecule has 1 aliphatic carbocycles. The molecule has 3 atom stereocenters. The molecule has 3 aromatic rings. The Morgan fingerprint density at radius 3 is 2.33 bits per heavy atom. The quantitative estimate of drug-likeness (QED) is 0.104. The molecule has 1 saturated heterocycles. The van der Waals surface area contributed by atoms with Crippen LogP contribution in [0.2, 0.25) is 0 Å². The van der Waals surface area contributed by atoms with Gasteiger partial charge in [-0.05, 0) is 64.0 Å². The largest absolute Gasteiger partial charge is 2.00 e. The summed E-state index contributed by atoms with van der Waals surface area (Å²) in [5, 5.41) is 6.17. The van der Waals surface area contributed by atoms with Crippen LogP contribution in [0.5, 0.6) is 0 Å². The van der Waals surface area contributed by atoms with Crippen molar-refractivity contribution in [1.82, 2.24) is 15.0 Å². The Balaban J connectivity index is 0.00000504. The first-order valence-corrected chi connectivity index (χ1v) is 16.8. The predicted octanol–water partition coefficient (Wildman–Crippen LogP) is 4.45. The van der Waals surface area contributed by atoms with Gasteiger partial charge in [0, 0.05) is 17.5 Å². The van der Waals surface area contributed by atoms with Gasteiger partial charge < -0.3 is 29.7 Å². The van der Waals surface area contributed by atoms with Gasteiger partial charge in [0.2, 0.25) is 0 Å². The van der Waals surface area contributed by atoms with E-state index in [1.807, 2.05) is 46.8 Å². The number of rotatable bonds is 9. The van der Waals surface area contributed by atoms with E-state index in [9.17, 15) is 19.2 Å². The number of allylic oxidation sites excluding steroid dienone is 3. The Morgan fingerprint density at radius 1 is 0.980 bits per heavy atom. The summed E-state index contributed by atoms with van der Waals surface area (Å²) < 4.78 is 10.6. The maximum Gasteiger partial charge on any atom is 2.00 e. The number of Topliss-reactive ketones (excluding diaryl/α,β-unsaturated/α-hetero) is 1. The Bertz CT molecular complexity index is 2190. The van der Waals surface area contributed by atoms with Crippen molar-refractivity contribution < 1.29 is 28.7 Å². The van der Waals surface area contributed by atoms with Crippen LogP contribution in [-0.4, -0.2) is 60.8 Å². The Kier molecular flexibility index (Phi) is 11.0. The molecule has 6 rings (SSSR count). The van der Waals surface area contributed by atoms with Crippen LogP contribution in [-0.2, 0) is 25.5 Å². The number of carbonyl (C=O) groups is 4. The molecule has 0 unspecified atom stereocenters. The van der Waals surface area contributed by atoms with Gasteiger partial charge in [0.15, 0.2) is 5.78 Å². The van der Waals surface area contributed by atoms with Gasteiger partial charge in [0.1, 0.15) is 18.8 Å². The minimum atomic E-state index is -1.26. The van der Waals surface area contributed by atoms with E-state index >= 15 is 0 Å². The van der Waals surface area contributed by atoms with Gasteiger partial charge in [-0.15, -0.1) is 33.5 Å². The van der Waals surface area contributed by atoms with E-state index in [2.05, 4.69) is 6.58 Å². The minimum absolute atomic E-state index is 0. The van der Waals surface area contributed by atoms with E-state index in [0.29, 0.717) is 80.0 Å². The second-order valence-electron chi connectivity index (χ2n) is 13.2. The number of aromatic nitrogens is 3. The number of fused-ring (bicyclic) bond motifs is 7. The second-order valence-corrected chi connectivity index (χ2v) is 13.2. The third-order valence-electron chi connectivity index (χ3n) is 10.0. The Labute approximate surface area is 313 Å². The first-order chi connectivity index (χ1) is 23.9. The summed E-state index contributed by atoms with van der Waals surface area (Å²) >= 11 is 0. The van der Waals surface area contributed by atoms with Gasteiger partial charge in [-0.2, -0.15) is 11.4 Å². The van der Waals surface area contributed by atoms with E-state index in [1.165, 1.54) is 7.11 Å². The first kappa shape index (κ1) is 37.6. The Morgan fingerprint density at radius 2 is 1.69 bits per heavy atom. The molecule has 5 heterocycles. The number of aldehydes is 1. The van der Waals surface area contributed by atoms with Crippen LogP contribution in [0.3, 0.4) is 0 Å². The van der Waals surface area contributed by atoms with Crippen molar-refractivity contribution in [2.45, 2.75) is 60.8 Å². The molecule has 8 bridgehead atoms. The fourth-order valence-corrected chi connectivity index (χ4v) is 7.24. The number of carbonyl (C=O) groups excluding carboxylic acids is 4. The molecule has 3 aliphatic rings. The van der Waals surface area contributed by atoms with Gasteiger partial charge >= 0.3 is 35.0 Å². The van der Waals surface area contributed by atoms with E-state index in [0.717, 1.165) is 28.5 Å². The standard InChI is InChI=1S/C40H41N4O6.Mg/c1-9-23-20(5)27-15-28-21(6)25(11-12-33(46)50-14-13-19(3)4)37(43-28)35-36(40(48)49-8)39(47)34-22(7)29(44-38(34)35)16-31-24(10-2)26(18-45)32(42-31)17-30(23)41-27;/h9,13,15-18,21,25,36H,1,10-12,14H2,2-8H3,(H-,43,44,45,47);/q-3;+2/p-1/b28-15+,32-17+;/t21-,25-,36+;/m0./s1. The summed E-state index contributed by atoms with van der Waals surface area (Å²) in [6, 6.07) is 0. The molecule has 0 spiro atoms. The van der Waals surface area contributed by atoms with Crippen LogP contribution in [0.1, 0.15) is 106 Å². The van der Waals surface area contributed by atoms with Gasteiger partial charge in [-0.1, -0.05) is 72.6 Å². The van der Waals surface area contributed by atoms with Crippen LogP contribution < -0.4 is 25.7 Å². The van der Waals surface area contributed by atoms with Gasteiger partial charge in [0.25, 0.3) is 0 Å². The molecule has 0 amide bonds. The van der Waals surface area contributed by atoms with Crippen molar-refractivity contribution in [3.05, 3.63) is 102 Å². The van der Waals surface area contributed by atoms with Crippen LogP contribution in [0, 0.1) is 31.6 Å². The zero-order chi connectivity index (χ0) is 36.0. The zero-order valence-corrected chi connectivity index (χ0v) is 31.6. The van der Waals surface area contributed by atoms with E-state index in [1.54, 1.807) is 25.2 Å². The number of ether oxygens (including phenoxy) is 2. The zero-order valence-electron chi connectivity index (χ0n) is 30.2. The summed E-state index contributed by atoms with van der Waals surface area (Å²) in [7, 11) is 1.25. The SMILES string of the molecule is C=Cc1c2[n-]c(c1C)/C=C1/[N-]/C(=C3\c4[n-]c(c(C)c4C(=O)[C@@H]3C(=O)OC)/C=c3/[n-]/c(c(C=O)c3CC)=C/2)[C@@H](CCC(=O)OCC=C(C)C)[C@@H]1C.[Mg+2]. The Hall–Kier alpha value is -4.61. The monoisotopic (exact) mass is 696 g/mol. The molecule has 11 heteroatoms. The van der Waals surface area contributed by atoms with E-state index in [-0.39, 0.29) is 53.9 Å². The molecule has 3 aromatic heterocycles. The molecule has 0 saturated carbocycles. The number of methoxy groups -OCH3 is 1. The van der Waals surface area contributed by atoms with Crippen LogP contribution in [0.4, 0.5) is 0 Å². The molecule has 260 valence electrons. The van der Waals surface area contributed by atoms with E-state index < -0.39 is 17.7 Å². The van der Waals surface area contributed by atoms with Crippen molar-refractivity contribution >= 4 is 76.9 Å². The summed E-state index contributed by atoms with van der Waals surface area (Å²) in [6.07, 6.45) is 10.9. The predicted molar refractivity (Wildman–Crippen MR) is 196 cm³/mol. The smallest absolute Gasteiger partial charge is 0.664 e. The van der Waals surface area contributed by atoms with Gasteiger partial charge in [-0.25, -0.2) is 0 Å². The van der Waals surface area contributed by atoms with Crippen molar-refractivity contribution in [1.29, 1.82) is 0 Å². The third kappa shape index (κ3) is 6.53. The molecule has 1 fully saturated rings. The minimum Gasteiger partial charge on any atom is -0.664 e. The molecule has 0 aromatic carbocycles. The molecule has 0 N–H and O–H groups in total. The number of hydrogen-bond acceptors (Lipinski definition) is 6.